The zero-order valence-corrected chi connectivity index (χ0v) is 24.7. The van der Waals surface area contributed by atoms with Crippen molar-refractivity contribution in [1.29, 1.82) is 0 Å². The predicted octanol–water partition coefficient (Wildman–Crippen LogP) is 8.27. The molecule has 1 aromatic carbocycles. The summed E-state index contributed by atoms with van der Waals surface area (Å²) in [6, 6.07) is 3.39. The van der Waals surface area contributed by atoms with Gasteiger partial charge in [-0.1, -0.05) is 20.4 Å². The summed E-state index contributed by atoms with van der Waals surface area (Å²) < 4.78 is 104. The Bertz CT molecular complexity index is 1500. The molecule has 2 saturated heterocycles. The number of pyridine rings is 1. The van der Waals surface area contributed by atoms with Gasteiger partial charge in [0.15, 0.2) is 0 Å². The number of cyclic esters (lactones) is 1. The third-order valence-corrected chi connectivity index (χ3v) is 7.67. The van der Waals surface area contributed by atoms with E-state index >= 15 is 0 Å². The van der Waals surface area contributed by atoms with E-state index in [1.165, 1.54) is 18.1 Å². The molecular formula is C31H32F7N3O3. The number of benzene rings is 1. The van der Waals surface area contributed by atoms with Gasteiger partial charge in [-0.3, -0.25) is 4.90 Å². The molecule has 0 aliphatic carbocycles. The second kappa shape index (κ2) is 12.2. The summed E-state index contributed by atoms with van der Waals surface area (Å²) in [6.07, 6.45) is -9.93. The van der Waals surface area contributed by atoms with E-state index in [0.29, 0.717) is 47.0 Å². The molecule has 2 aliphatic rings. The van der Waals surface area contributed by atoms with Crippen LogP contribution in [-0.2, 0) is 4.74 Å². The van der Waals surface area contributed by atoms with Crippen molar-refractivity contribution in [3.63, 3.8) is 0 Å². The number of hydrogen-bond donors (Lipinski definition) is 0. The van der Waals surface area contributed by atoms with E-state index in [9.17, 15) is 35.5 Å². The van der Waals surface area contributed by atoms with Crippen LogP contribution in [0.2, 0.25) is 0 Å². The highest BCUT2D eigenvalue weighted by Crippen LogP contribution is 2.48. The smallest absolute Gasteiger partial charge is 0.416 e. The number of halogens is 7. The van der Waals surface area contributed by atoms with E-state index in [1.54, 1.807) is 37.3 Å². The first-order valence-corrected chi connectivity index (χ1v) is 13.7. The number of aromatic nitrogens is 1. The molecule has 44 heavy (non-hydrogen) atoms. The minimum absolute atomic E-state index is 0.0787. The Labute approximate surface area is 250 Å². The number of nitrogens with zero attached hydrogens (tertiary/aromatic N) is 3. The van der Waals surface area contributed by atoms with Gasteiger partial charge >= 0.3 is 18.4 Å². The Morgan fingerprint density at radius 3 is 2.39 bits per heavy atom. The Kier molecular flexibility index (Phi) is 9.09. The number of carbonyl (C=O) groups excluding carboxylic acids is 1. The zero-order valence-electron chi connectivity index (χ0n) is 24.7. The highest BCUT2D eigenvalue weighted by Gasteiger charge is 2.51. The molecule has 3 heterocycles. The first-order valence-electron chi connectivity index (χ1n) is 13.7. The number of hydrogen-bond acceptors (Lipinski definition) is 5. The van der Waals surface area contributed by atoms with Gasteiger partial charge in [-0.05, 0) is 59.7 Å². The highest BCUT2D eigenvalue weighted by atomic mass is 19.4. The van der Waals surface area contributed by atoms with E-state index in [2.05, 4.69) is 11.6 Å². The summed E-state index contributed by atoms with van der Waals surface area (Å²) in [6.45, 7) is 7.31. The predicted molar refractivity (Wildman–Crippen MR) is 151 cm³/mol. The third-order valence-electron chi connectivity index (χ3n) is 7.67. The van der Waals surface area contributed by atoms with Crippen LogP contribution < -0.4 is 9.64 Å². The molecule has 0 saturated carbocycles. The van der Waals surface area contributed by atoms with Gasteiger partial charge in [0.25, 0.3) is 0 Å². The van der Waals surface area contributed by atoms with Gasteiger partial charge in [0.05, 0.1) is 24.8 Å². The van der Waals surface area contributed by atoms with E-state index < -0.39 is 54.1 Å². The van der Waals surface area contributed by atoms with Crippen LogP contribution in [0, 0.1) is 5.82 Å². The number of fused-ring (bicyclic) bond motifs is 1. The van der Waals surface area contributed by atoms with Gasteiger partial charge in [-0.25, -0.2) is 14.2 Å². The molecule has 0 spiro atoms. The summed E-state index contributed by atoms with van der Waals surface area (Å²) in [5.41, 5.74) is 0.296. The summed E-state index contributed by atoms with van der Waals surface area (Å²) in [5, 5.41) is 0. The number of carbonyl (C=O) groups is 1. The normalized spacial score (nSPS) is 20.8. The van der Waals surface area contributed by atoms with Gasteiger partial charge in [0.2, 0.25) is 0 Å². The molecule has 2 aliphatic heterocycles. The van der Waals surface area contributed by atoms with Crippen LogP contribution in [-0.4, -0.2) is 61.7 Å². The summed E-state index contributed by atoms with van der Waals surface area (Å²) in [7, 11) is 4.96. The van der Waals surface area contributed by atoms with E-state index in [-0.39, 0.29) is 23.3 Å². The molecule has 6 nitrogen and oxygen atoms in total. The van der Waals surface area contributed by atoms with Crippen molar-refractivity contribution in [2.75, 3.05) is 26.1 Å². The molecule has 0 bridgehead atoms. The molecule has 1 amide bonds. The SMILES string of the molecule is C=C(/C=C(\C=C\C(F)(F)F)C(F)(F)F)[C@H]1OC(=O)N2C1CC[C@H]2c1cc(N(C)C)ncc1-c1cc(C(C)C)c(F)cc1OC. The number of allylic oxidation sites excluding steroid dienone is 3. The van der Waals surface area contributed by atoms with E-state index in [4.69, 9.17) is 9.47 Å². The maximum Gasteiger partial charge on any atom is 0.416 e. The lowest BCUT2D eigenvalue weighted by atomic mass is 9.91. The maximum atomic E-state index is 14.9. The fraction of sp³-hybridized carbons (Fsp3) is 0.419. The monoisotopic (exact) mass is 627 g/mol. The fourth-order valence-electron chi connectivity index (χ4n) is 5.56. The molecule has 13 heteroatoms. The Hall–Kier alpha value is -4.03. The van der Waals surface area contributed by atoms with Crippen molar-refractivity contribution in [3.8, 4) is 16.9 Å². The Morgan fingerprint density at radius 2 is 1.82 bits per heavy atom. The van der Waals surface area contributed by atoms with Crippen molar-refractivity contribution in [2.45, 2.75) is 63.1 Å². The quantitative estimate of drug-likeness (QED) is 0.218. The lowest BCUT2D eigenvalue weighted by molar-refractivity contribution is -0.0903. The van der Waals surface area contributed by atoms with Gasteiger partial charge in [0, 0.05) is 43.6 Å². The van der Waals surface area contributed by atoms with Crippen molar-refractivity contribution in [3.05, 3.63) is 77.3 Å². The van der Waals surface area contributed by atoms with Crippen LogP contribution in [0.4, 0.5) is 41.3 Å². The minimum atomic E-state index is -5.11. The second-order valence-corrected chi connectivity index (χ2v) is 11.2. The number of rotatable bonds is 8. The molecule has 2 aromatic rings. The number of anilines is 1. The summed E-state index contributed by atoms with van der Waals surface area (Å²) >= 11 is 0. The zero-order chi connectivity index (χ0) is 32.7. The van der Waals surface area contributed by atoms with E-state index in [1.807, 2.05) is 13.8 Å². The number of methoxy groups -OCH3 is 1. The number of alkyl halides is 6. The van der Waals surface area contributed by atoms with Crippen LogP contribution in [0.3, 0.4) is 0 Å². The standard InChI is InChI=1S/C31H32F7N3O3/c1-16(2)19-12-21(26(43-6)14-23(19)32)22-15-39-27(40(4)5)13-20(22)24-7-8-25-28(44-29(42)41(24)25)17(3)11-18(31(36,37)38)9-10-30(33,34)35/h9-16,24-25,28H,3,7-8H2,1-2,4-6H3/b10-9+,18-11+/t24-,25?,28+/m0/s1. The van der Waals surface area contributed by atoms with Crippen LogP contribution in [0.15, 0.2) is 60.3 Å². The molecular weight excluding hydrogens is 595 g/mol. The maximum absolute atomic E-state index is 14.9. The first kappa shape index (κ1) is 32.9. The Balaban J connectivity index is 1.77. The average Bonchev–Trinajstić information content (AvgIpc) is 3.50. The molecule has 3 atom stereocenters. The van der Waals surface area contributed by atoms with Gasteiger partial charge in [-0.2, -0.15) is 26.3 Å². The van der Waals surface area contributed by atoms with Crippen LogP contribution >= 0.6 is 0 Å². The highest BCUT2D eigenvalue weighted by molar-refractivity contribution is 5.78. The largest absolute Gasteiger partial charge is 0.496 e. The number of ether oxygens (including phenoxy) is 2. The van der Waals surface area contributed by atoms with Gasteiger partial charge in [0.1, 0.15) is 23.5 Å². The topological polar surface area (TPSA) is 54.9 Å². The molecule has 0 radical (unpaired) electrons. The number of amides is 1. The third kappa shape index (κ3) is 6.71. The molecule has 1 aromatic heterocycles. The first-order chi connectivity index (χ1) is 20.4. The van der Waals surface area contributed by atoms with Crippen molar-refractivity contribution in [1.82, 2.24) is 9.88 Å². The van der Waals surface area contributed by atoms with Crippen molar-refractivity contribution >= 4 is 11.9 Å². The van der Waals surface area contributed by atoms with Gasteiger partial charge < -0.3 is 14.4 Å². The van der Waals surface area contributed by atoms with E-state index in [0.717, 1.165) is 0 Å². The fourth-order valence-corrected chi connectivity index (χ4v) is 5.56. The van der Waals surface area contributed by atoms with Crippen LogP contribution in [0.25, 0.3) is 11.1 Å². The minimum Gasteiger partial charge on any atom is -0.496 e. The molecule has 2 fully saturated rings. The molecule has 0 N–H and O–H groups in total. The Morgan fingerprint density at radius 1 is 1.14 bits per heavy atom. The molecule has 4 rings (SSSR count). The van der Waals surface area contributed by atoms with Crippen molar-refractivity contribution in [2.24, 2.45) is 0 Å². The molecule has 1 unspecified atom stereocenters. The summed E-state index contributed by atoms with van der Waals surface area (Å²) in [5.74, 6) is 0.199. The lowest BCUT2D eigenvalue weighted by Crippen LogP contribution is -2.33. The molecule has 238 valence electrons. The lowest BCUT2D eigenvalue weighted by Gasteiger charge is -2.26. The van der Waals surface area contributed by atoms with Crippen LogP contribution in [0.1, 0.15) is 49.8 Å². The van der Waals surface area contributed by atoms with Crippen LogP contribution in [0.5, 0.6) is 5.75 Å². The van der Waals surface area contributed by atoms with Gasteiger partial charge in [-0.15, -0.1) is 0 Å². The van der Waals surface area contributed by atoms with Crippen molar-refractivity contribution < 1.29 is 45.0 Å². The summed E-state index contributed by atoms with van der Waals surface area (Å²) in [4.78, 5) is 20.9. The average molecular weight is 628 g/mol. The second-order valence-electron chi connectivity index (χ2n) is 11.2.